The third-order valence-corrected chi connectivity index (χ3v) is 54.8. The highest BCUT2D eigenvalue weighted by Crippen LogP contribution is 2.49. The van der Waals surface area contributed by atoms with Gasteiger partial charge in [-0.25, -0.2) is 38.4 Å². The molecule has 0 saturated carbocycles. The van der Waals surface area contributed by atoms with Gasteiger partial charge in [0.15, 0.2) is 5.78 Å². The number of ether oxygens (including phenoxy) is 8. The van der Waals surface area contributed by atoms with E-state index in [2.05, 4.69) is 59.2 Å². The number of hydrogen-bond acceptors (Lipinski definition) is 34. The van der Waals surface area contributed by atoms with E-state index < -0.39 is 244 Å². The van der Waals surface area contributed by atoms with Crippen molar-refractivity contribution < 1.29 is 154 Å². The minimum Gasteiger partial charge on any atom is -0.462 e. The number of allylic oxidation sites excluding steroid dienone is 1. The van der Waals surface area contributed by atoms with Gasteiger partial charge in [0.1, 0.15) is 0 Å². The van der Waals surface area contributed by atoms with Gasteiger partial charge in [0.2, 0.25) is 0 Å². The fourth-order valence-electron chi connectivity index (χ4n) is 9.91. The van der Waals surface area contributed by atoms with Crippen molar-refractivity contribution in [3.05, 3.63) is 109 Å². The van der Waals surface area contributed by atoms with E-state index in [4.69, 9.17) is 91.4 Å². The zero-order chi connectivity index (χ0) is 81.1. The van der Waals surface area contributed by atoms with Crippen molar-refractivity contribution in [3.8, 4) is 0 Å². The molecule has 4 aliphatic heterocycles. The maximum atomic E-state index is 13.6. The number of Topliss-reactive ketones (excluding diaryl/α,β-unsaturated/α-hetero) is 1. The van der Waals surface area contributed by atoms with Crippen LogP contribution in [0, 0.1) is 0 Å². The van der Waals surface area contributed by atoms with Crippen LogP contribution in [0.25, 0.3) is 0 Å². The molecule has 9 unspecified atom stereocenters. The molecule has 108 heavy (non-hydrogen) atoms. The summed E-state index contributed by atoms with van der Waals surface area (Å²) in [6, 6.07) is -5.15. The molecule has 4 aliphatic rings. The third kappa shape index (κ3) is 31.6. The summed E-state index contributed by atoms with van der Waals surface area (Å²) < 4.78 is 138. The second kappa shape index (κ2) is 43.0. The Labute approximate surface area is 642 Å². The smallest absolute Gasteiger partial charge is 0.462 e. The van der Waals surface area contributed by atoms with Gasteiger partial charge in [-0.1, -0.05) is 59.2 Å². The Morgan fingerprint density at radius 3 is 0.722 bits per heavy atom. The van der Waals surface area contributed by atoms with Crippen molar-refractivity contribution in [2.75, 3.05) is 52.9 Å². The first-order chi connectivity index (χ1) is 50.3. The minimum absolute atomic E-state index is 0.00184. The van der Waals surface area contributed by atoms with Crippen molar-refractivity contribution in [1.82, 2.24) is 0 Å². The second-order valence-electron chi connectivity index (χ2n) is 26.4. The number of fused-ring (bicyclic) bond motifs is 6. The van der Waals surface area contributed by atoms with Gasteiger partial charge in [0.05, 0.1) is 52.9 Å². The maximum absolute atomic E-state index is 13.6. The molecular formula is C64H105O34Si10. The maximum Gasteiger partial charge on any atom is 0.553 e. The molecule has 4 heterocycles. The first-order valence-corrected chi connectivity index (χ1v) is 53.7. The predicted octanol–water partition coefficient (Wildman–Crippen LogP) is 7.05. The number of esters is 8. The first kappa shape index (κ1) is 95.0. The second-order valence-corrected chi connectivity index (χ2v) is 54.6. The monoisotopic (exact) mass is 1700 g/mol. The molecular weight excluding hydrogens is 1590 g/mol. The summed E-state index contributed by atoms with van der Waals surface area (Å²) >= 11 is 0. The molecule has 4 rings (SSSR count). The largest absolute Gasteiger partial charge is 0.553 e. The van der Waals surface area contributed by atoms with E-state index in [-0.39, 0.29) is 127 Å². The van der Waals surface area contributed by atoms with E-state index in [0.717, 1.165) is 0 Å². The van der Waals surface area contributed by atoms with Gasteiger partial charge in [-0.05, 0) is 132 Å². The minimum atomic E-state index is -5.60. The van der Waals surface area contributed by atoms with Gasteiger partial charge in [-0.2, -0.15) is 0 Å². The molecule has 9 atom stereocenters. The SMILES string of the molecule is C=C(C)C(=O)CCCC[Si]1(O)O[Si](O)(CCCOC(=O)C(=C)C)O[Si]2(CCCOC(=O)C(=C)C)O[Si]3(CCCOC(=O)C(=C)C)O[Si]4O[Si](O)(CCCOC(=O)C(=C)C)O[Si](O)(CCCOC(=O)C(=C)C)O[Si](CCCOC(=O)C(=C)C)(O4)O[Si](CCCOC(=O)C(=C)C)(O3)O[Si](CCCOC(=O)C(=C)C)(O1)O2. The summed E-state index contributed by atoms with van der Waals surface area (Å²) in [5.74, 6) is -6.93. The third-order valence-electron chi connectivity index (χ3n) is 15.2. The number of unbranched alkanes of at least 4 members (excludes halogenated alkanes) is 1. The summed E-state index contributed by atoms with van der Waals surface area (Å²) in [5, 5.41) is 0. The van der Waals surface area contributed by atoms with Gasteiger partial charge in [-0.15, -0.1) is 0 Å². The van der Waals surface area contributed by atoms with E-state index in [9.17, 15) is 62.3 Å². The van der Waals surface area contributed by atoms with Gasteiger partial charge in [0.25, 0.3) is 0 Å². The fraction of sp³-hybridized carbons (Fsp3) is 0.578. The molecule has 0 aliphatic carbocycles. The fourth-order valence-corrected chi connectivity index (χ4v) is 58.9. The van der Waals surface area contributed by atoms with Crippen LogP contribution < -0.4 is 0 Å². The normalized spacial score (nSPS) is 26.8. The van der Waals surface area contributed by atoms with Crippen LogP contribution in [0.15, 0.2) is 109 Å². The van der Waals surface area contributed by atoms with E-state index >= 15 is 0 Å². The summed E-state index contributed by atoms with van der Waals surface area (Å²) in [6.45, 7) is 42.3. The topological polar surface area (TPSA) is 428 Å². The Morgan fingerprint density at radius 2 is 0.454 bits per heavy atom. The quantitative estimate of drug-likeness (QED) is 0.0156. The number of carbonyl (C=O) groups excluding carboxylic acids is 9. The van der Waals surface area contributed by atoms with Gasteiger partial charge < -0.3 is 111 Å². The van der Waals surface area contributed by atoms with Crippen LogP contribution in [-0.4, -0.2) is 214 Å². The van der Waals surface area contributed by atoms with Crippen LogP contribution in [0.2, 0.25) is 54.4 Å². The highest BCUT2D eigenvalue weighted by atomic mass is 28.6. The standard InChI is InChI=1S/C64H105O34Si10/c1-47(2)56(65)29-19-20-38-101(75)90-103(77,41-23-32-80-59(68)50(7)8)93-106(44-26-35-83-62(71)53(13)14)95-105(43-25-34-82-61(70)52(11)12)88-99-86-100(74,39-21-30-78-57(66)48(3)4)89-102(76,40-22-31-79-58(67)49(5)6)91-104(87-99,42-24-33-81-60(69)51(9)10)94-108(96-105,46-28-37-85-64(73)55(17)18)98-107(92-101,97-106)45-27-36-84-63(72)54(15)16/h74-77H,1,3,5,7,9,11,13,15,17,19-46H2,2,4,6,8,10,12,14,16,18H3. The van der Waals surface area contributed by atoms with Crippen LogP contribution >= 0.6 is 0 Å². The molecule has 6 bridgehead atoms. The Bertz CT molecular complexity index is 3380. The summed E-state index contributed by atoms with van der Waals surface area (Å²) in [4.78, 5) is 171. The Balaban J connectivity index is 2.36. The molecule has 44 heteroatoms. The lowest BCUT2D eigenvalue weighted by Gasteiger charge is -2.56. The molecule has 0 aromatic heterocycles. The van der Waals surface area contributed by atoms with Crippen LogP contribution in [0.1, 0.15) is 133 Å². The van der Waals surface area contributed by atoms with Crippen LogP contribution in [-0.2, 0) is 135 Å². The van der Waals surface area contributed by atoms with E-state index in [1.807, 2.05) is 0 Å². The molecule has 605 valence electrons. The summed E-state index contributed by atoms with van der Waals surface area (Å²) in [7, 11) is -53.0. The zero-order valence-corrected chi connectivity index (χ0v) is 73.2. The highest BCUT2D eigenvalue weighted by molar-refractivity contribution is 6.98. The van der Waals surface area contributed by atoms with Gasteiger partial charge in [-0.3, -0.25) is 4.79 Å². The Hall–Kier alpha value is -5.42. The van der Waals surface area contributed by atoms with Gasteiger partial charge >= 0.3 is 137 Å². The molecule has 34 nitrogen and oxygen atoms in total. The van der Waals surface area contributed by atoms with E-state index in [0.29, 0.717) is 0 Å². The van der Waals surface area contributed by atoms with Crippen molar-refractivity contribution in [1.29, 1.82) is 0 Å². The summed E-state index contributed by atoms with van der Waals surface area (Å²) in [6.07, 6.45) is -2.46. The first-order valence-electron chi connectivity index (χ1n) is 34.9. The molecule has 4 N–H and O–H groups in total. The molecule has 4 saturated heterocycles. The van der Waals surface area contributed by atoms with Crippen molar-refractivity contribution in [3.63, 3.8) is 0 Å². The lowest BCUT2D eigenvalue weighted by Crippen LogP contribution is -2.82. The molecule has 0 aromatic carbocycles. The molecule has 0 spiro atoms. The summed E-state index contributed by atoms with van der Waals surface area (Å²) in [5.41, 5.74) is 0.298. The van der Waals surface area contributed by atoms with Crippen molar-refractivity contribution in [2.45, 2.75) is 187 Å². The number of carbonyl (C=O) groups is 9. The molecule has 0 aromatic rings. The van der Waals surface area contributed by atoms with Crippen LogP contribution in [0.3, 0.4) is 0 Å². The zero-order valence-electron chi connectivity index (χ0n) is 63.2. The Kier molecular flexibility index (Phi) is 37.8. The Morgan fingerprint density at radius 1 is 0.250 bits per heavy atom. The van der Waals surface area contributed by atoms with E-state index in [1.165, 1.54) is 62.3 Å². The lowest BCUT2D eigenvalue weighted by molar-refractivity contribution is -0.139. The van der Waals surface area contributed by atoms with Crippen molar-refractivity contribution >= 4 is 142 Å². The average molecular weight is 1700 g/mol. The number of rotatable bonds is 46. The predicted molar refractivity (Wildman–Crippen MR) is 401 cm³/mol. The van der Waals surface area contributed by atoms with Gasteiger partial charge in [0, 0.05) is 105 Å². The van der Waals surface area contributed by atoms with Crippen LogP contribution in [0.4, 0.5) is 0 Å². The number of ketones is 1. The van der Waals surface area contributed by atoms with E-state index in [1.54, 1.807) is 0 Å². The molecule has 1 radical (unpaired) electrons. The molecule has 0 amide bonds. The highest BCUT2D eigenvalue weighted by Gasteiger charge is 2.77. The van der Waals surface area contributed by atoms with Crippen LogP contribution in [0.5, 0.6) is 0 Å². The number of hydrogen-bond donors (Lipinski definition) is 4. The average Bonchev–Trinajstić information content (AvgIpc) is 0.715. The molecule has 4 fully saturated rings. The van der Waals surface area contributed by atoms with Crippen molar-refractivity contribution in [2.24, 2.45) is 0 Å². The lowest BCUT2D eigenvalue weighted by atomic mass is 10.1.